The number of nitrogens with zero attached hydrogens (tertiary/aromatic N) is 1. The molecule has 0 radical (unpaired) electrons. The topological polar surface area (TPSA) is 75.7 Å². The number of H-pyrrole nitrogens is 1. The molecule has 2 N–H and O–H groups in total. The second-order valence-electron chi connectivity index (χ2n) is 7.07. The van der Waals surface area contributed by atoms with Gasteiger partial charge in [-0.25, -0.2) is 4.79 Å². The molecule has 1 aliphatic carbocycles. The Morgan fingerprint density at radius 1 is 1.37 bits per heavy atom. The molecular weight excluding hydrogens is 362 g/mol. The molecule has 27 heavy (non-hydrogen) atoms. The fraction of sp³-hybridized carbons (Fsp3) is 0.500. The van der Waals surface area contributed by atoms with Crippen molar-refractivity contribution in [2.24, 2.45) is 4.99 Å². The van der Waals surface area contributed by atoms with Crippen LogP contribution >= 0.6 is 11.8 Å². The first-order valence-corrected chi connectivity index (χ1v) is 10.5. The number of hydrogen-bond donors (Lipinski definition) is 2. The van der Waals surface area contributed by atoms with Crippen LogP contribution < -0.4 is 5.32 Å². The molecule has 0 bridgehead atoms. The van der Waals surface area contributed by atoms with E-state index in [-0.39, 0.29) is 18.6 Å². The summed E-state index contributed by atoms with van der Waals surface area (Å²) in [6, 6.07) is 9.19. The van der Waals surface area contributed by atoms with Gasteiger partial charge in [-0.1, -0.05) is 25.0 Å². The van der Waals surface area contributed by atoms with Crippen molar-refractivity contribution in [1.29, 1.82) is 0 Å². The van der Waals surface area contributed by atoms with Gasteiger partial charge in [0.1, 0.15) is 11.7 Å². The van der Waals surface area contributed by atoms with Crippen molar-refractivity contribution >= 4 is 39.4 Å². The number of benzene rings is 1. The number of para-hydroxylation sites is 1. The molecule has 0 saturated heterocycles. The van der Waals surface area contributed by atoms with E-state index in [1.807, 2.05) is 0 Å². The molecule has 1 saturated carbocycles. The molecule has 1 unspecified atom stereocenters. The van der Waals surface area contributed by atoms with Crippen molar-refractivity contribution in [1.82, 2.24) is 4.98 Å². The van der Waals surface area contributed by atoms with Crippen LogP contribution in [-0.4, -0.2) is 54.2 Å². The van der Waals surface area contributed by atoms with Crippen molar-refractivity contribution in [2.45, 2.75) is 37.8 Å². The van der Waals surface area contributed by atoms with Crippen molar-refractivity contribution < 1.29 is 14.3 Å². The van der Waals surface area contributed by atoms with Crippen LogP contribution in [0.5, 0.6) is 0 Å². The van der Waals surface area contributed by atoms with Crippen molar-refractivity contribution in [3.05, 3.63) is 30.0 Å². The minimum Gasteiger partial charge on any atom is -0.467 e. The molecule has 4 rings (SSSR count). The first-order chi connectivity index (χ1) is 13.2. The maximum Gasteiger partial charge on any atom is 0.331 e. The predicted octanol–water partition coefficient (Wildman–Crippen LogP) is 3.57. The third kappa shape index (κ3) is 4.30. The zero-order chi connectivity index (χ0) is 18.6. The lowest BCUT2D eigenvalue weighted by Crippen LogP contribution is -2.18. The molecule has 1 atom stereocenters. The molecule has 1 fully saturated rings. The molecule has 2 aromatic rings. The summed E-state index contributed by atoms with van der Waals surface area (Å²) in [4.78, 5) is 19.4. The highest BCUT2D eigenvalue weighted by Gasteiger charge is 2.22. The number of carbonyl (C=O) groups is 1. The number of esters is 1. The van der Waals surface area contributed by atoms with Gasteiger partial charge in [-0.05, 0) is 25.0 Å². The number of methoxy groups -OCH3 is 1. The van der Waals surface area contributed by atoms with Gasteiger partial charge in [0.05, 0.1) is 36.7 Å². The second-order valence-corrected chi connectivity index (χ2v) is 8.08. The molecule has 2 aliphatic rings. The van der Waals surface area contributed by atoms with E-state index in [4.69, 9.17) is 9.73 Å². The molecule has 7 heteroatoms. The number of hydrogen-bond acceptors (Lipinski definition) is 6. The summed E-state index contributed by atoms with van der Waals surface area (Å²) in [6.45, 7) is 0.408. The maximum absolute atomic E-state index is 11.1. The van der Waals surface area contributed by atoms with Gasteiger partial charge in [0.15, 0.2) is 0 Å². The Bertz CT molecular complexity index is 842. The first kappa shape index (κ1) is 18.4. The molecule has 1 aromatic heterocycles. The van der Waals surface area contributed by atoms with Gasteiger partial charge in [-0.2, -0.15) is 0 Å². The Morgan fingerprint density at radius 3 is 3.04 bits per heavy atom. The van der Waals surface area contributed by atoms with Crippen LogP contribution in [0.3, 0.4) is 0 Å². The van der Waals surface area contributed by atoms with Crippen LogP contribution in [0, 0.1) is 0 Å². The van der Waals surface area contributed by atoms with E-state index in [2.05, 4.69) is 39.3 Å². The average Bonchev–Trinajstić information content (AvgIpc) is 3.42. The van der Waals surface area contributed by atoms with Crippen molar-refractivity contribution in [3.63, 3.8) is 0 Å². The van der Waals surface area contributed by atoms with E-state index in [0.29, 0.717) is 12.6 Å². The highest BCUT2D eigenvalue weighted by molar-refractivity contribution is 8.14. The summed E-state index contributed by atoms with van der Waals surface area (Å²) < 4.78 is 9.97. The van der Waals surface area contributed by atoms with E-state index in [9.17, 15) is 4.79 Å². The Hall–Kier alpha value is -1.99. The van der Waals surface area contributed by atoms with Crippen LogP contribution in [-0.2, 0) is 14.3 Å². The fourth-order valence-corrected chi connectivity index (χ4v) is 4.68. The summed E-state index contributed by atoms with van der Waals surface area (Å²) in [6.07, 6.45) is 5.13. The SMILES string of the molecule is COC(=O)COCC1CSC(c2cc3cccc(NC4CCCC4)c3[nH]2)=N1. The van der Waals surface area contributed by atoms with Gasteiger partial charge in [0.2, 0.25) is 0 Å². The Kier molecular flexibility index (Phi) is 5.69. The molecule has 0 amide bonds. The zero-order valence-corrected chi connectivity index (χ0v) is 16.3. The van der Waals surface area contributed by atoms with Crippen LogP contribution in [0.1, 0.15) is 31.4 Å². The number of aromatic amines is 1. The Balaban J connectivity index is 1.45. The number of ether oxygens (including phenoxy) is 2. The number of rotatable bonds is 7. The number of fused-ring (bicyclic) bond motifs is 1. The van der Waals surface area contributed by atoms with E-state index >= 15 is 0 Å². The summed E-state index contributed by atoms with van der Waals surface area (Å²) in [5, 5.41) is 5.90. The van der Waals surface area contributed by atoms with E-state index in [0.717, 1.165) is 22.0 Å². The highest BCUT2D eigenvalue weighted by Crippen LogP contribution is 2.31. The number of nitrogens with one attached hydrogen (secondary N) is 2. The fourth-order valence-electron chi connectivity index (χ4n) is 3.67. The maximum atomic E-state index is 11.1. The molecule has 2 heterocycles. The number of aromatic nitrogens is 1. The van der Waals surface area contributed by atoms with Crippen LogP contribution in [0.2, 0.25) is 0 Å². The molecule has 144 valence electrons. The third-order valence-electron chi connectivity index (χ3n) is 5.07. The Labute approximate surface area is 163 Å². The van der Waals surface area contributed by atoms with Crippen molar-refractivity contribution in [3.8, 4) is 0 Å². The van der Waals surface area contributed by atoms with E-state index < -0.39 is 0 Å². The molecule has 0 spiro atoms. The second kappa shape index (κ2) is 8.35. The van der Waals surface area contributed by atoms with Crippen molar-refractivity contribution in [2.75, 3.05) is 31.4 Å². The molecular formula is C20H25N3O3S. The number of anilines is 1. The number of carbonyl (C=O) groups excluding carboxylic acids is 1. The molecule has 1 aromatic carbocycles. The third-order valence-corrected chi connectivity index (χ3v) is 6.22. The van der Waals surface area contributed by atoms with Gasteiger partial charge in [0.25, 0.3) is 0 Å². The smallest absolute Gasteiger partial charge is 0.331 e. The van der Waals surface area contributed by atoms with E-state index in [1.54, 1.807) is 11.8 Å². The minimum absolute atomic E-state index is 0.0227. The lowest BCUT2D eigenvalue weighted by molar-refractivity contribution is -0.145. The standard InChI is InChI=1S/C20H25N3O3S/c1-25-18(24)11-26-10-15-12-27-20(22-15)17-9-13-5-4-8-16(19(13)23-17)21-14-6-2-3-7-14/h4-5,8-9,14-15,21,23H,2-3,6-7,10-12H2,1H3. The van der Waals surface area contributed by atoms with Gasteiger partial charge >= 0.3 is 5.97 Å². The molecule has 6 nitrogen and oxygen atoms in total. The van der Waals surface area contributed by atoms with Crippen LogP contribution in [0.4, 0.5) is 5.69 Å². The normalized spacial score (nSPS) is 20.2. The van der Waals surface area contributed by atoms with Crippen LogP contribution in [0.25, 0.3) is 10.9 Å². The number of thioether (sulfide) groups is 1. The lowest BCUT2D eigenvalue weighted by Gasteiger charge is -2.14. The summed E-state index contributed by atoms with van der Waals surface area (Å²) in [7, 11) is 1.36. The monoisotopic (exact) mass is 387 g/mol. The predicted molar refractivity (Wildman–Crippen MR) is 110 cm³/mol. The van der Waals surface area contributed by atoms with E-state index in [1.165, 1.54) is 43.9 Å². The van der Waals surface area contributed by atoms with Gasteiger partial charge in [-0.15, -0.1) is 11.8 Å². The average molecular weight is 388 g/mol. The zero-order valence-electron chi connectivity index (χ0n) is 15.5. The quantitative estimate of drug-likeness (QED) is 0.711. The summed E-state index contributed by atoms with van der Waals surface area (Å²) in [5.74, 6) is 0.502. The summed E-state index contributed by atoms with van der Waals surface area (Å²) in [5.41, 5.74) is 3.37. The summed E-state index contributed by atoms with van der Waals surface area (Å²) >= 11 is 1.72. The highest BCUT2D eigenvalue weighted by atomic mass is 32.2. The molecule has 1 aliphatic heterocycles. The largest absolute Gasteiger partial charge is 0.467 e. The van der Waals surface area contributed by atoms with Crippen LogP contribution in [0.15, 0.2) is 29.3 Å². The first-order valence-electron chi connectivity index (χ1n) is 9.47. The lowest BCUT2D eigenvalue weighted by atomic mass is 10.2. The number of aliphatic imine (C=N–C) groups is 1. The minimum atomic E-state index is -0.359. The Morgan fingerprint density at radius 2 is 2.22 bits per heavy atom. The van der Waals surface area contributed by atoms with Gasteiger partial charge < -0.3 is 19.8 Å². The van der Waals surface area contributed by atoms with Gasteiger partial charge in [0, 0.05) is 17.2 Å². The van der Waals surface area contributed by atoms with Gasteiger partial charge in [-0.3, -0.25) is 4.99 Å².